The maximum Gasteiger partial charge on any atom is 0.256 e. The van der Waals surface area contributed by atoms with Gasteiger partial charge in [0.2, 0.25) is 0 Å². The summed E-state index contributed by atoms with van der Waals surface area (Å²) in [6, 6.07) is 7.47. The van der Waals surface area contributed by atoms with E-state index < -0.39 is 0 Å². The molecule has 3 heterocycles. The first-order chi connectivity index (χ1) is 12.2. The number of likely N-dealkylation sites (tertiary alicyclic amines) is 1. The van der Waals surface area contributed by atoms with Crippen LogP contribution in [0.3, 0.4) is 0 Å². The molecular weight excluding hydrogens is 318 g/mol. The van der Waals surface area contributed by atoms with Gasteiger partial charge in [-0.05, 0) is 31.9 Å². The molecule has 1 amide bonds. The van der Waals surface area contributed by atoms with E-state index in [1.807, 2.05) is 36.1 Å². The van der Waals surface area contributed by atoms with Gasteiger partial charge in [-0.25, -0.2) is 14.6 Å². The Kier molecular flexibility index (Phi) is 4.01. The van der Waals surface area contributed by atoms with Crippen LogP contribution in [0.2, 0.25) is 0 Å². The molecule has 1 aliphatic rings. The Balaban J connectivity index is 1.59. The minimum Gasteiger partial charge on any atom is -0.338 e. The third-order valence-corrected chi connectivity index (χ3v) is 4.49. The fourth-order valence-corrected chi connectivity index (χ4v) is 3.27. The zero-order valence-corrected chi connectivity index (χ0v) is 14.0. The largest absolute Gasteiger partial charge is 0.338 e. The van der Waals surface area contributed by atoms with Crippen LogP contribution in [0.5, 0.6) is 0 Å². The number of nitrogens with one attached hydrogen (secondary N) is 1. The SMILES string of the molecule is Cc1nc(C2CCCN(C(=O)c3ccccc3-n3cncn3)C2)n[nH]1. The molecule has 1 unspecified atom stereocenters. The van der Waals surface area contributed by atoms with Crippen LogP contribution in [0, 0.1) is 6.92 Å². The molecule has 4 rings (SSSR count). The number of hydrogen-bond donors (Lipinski definition) is 1. The quantitative estimate of drug-likeness (QED) is 0.785. The second-order valence-electron chi connectivity index (χ2n) is 6.23. The number of piperidine rings is 1. The van der Waals surface area contributed by atoms with Crippen molar-refractivity contribution in [3.05, 3.63) is 54.1 Å². The van der Waals surface area contributed by atoms with Gasteiger partial charge in [0.15, 0.2) is 5.82 Å². The highest BCUT2D eigenvalue weighted by Crippen LogP contribution is 2.26. The summed E-state index contributed by atoms with van der Waals surface area (Å²) in [5.74, 6) is 1.76. The maximum absolute atomic E-state index is 13.1. The summed E-state index contributed by atoms with van der Waals surface area (Å²) in [4.78, 5) is 23.4. The minimum atomic E-state index is 0.00283. The molecule has 1 aromatic carbocycles. The number of para-hydroxylation sites is 1. The first-order valence-corrected chi connectivity index (χ1v) is 8.34. The van der Waals surface area contributed by atoms with Gasteiger partial charge in [0.1, 0.15) is 18.5 Å². The van der Waals surface area contributed by atoms with Gasteiger partial charge >= 0.3 is 0 Å². The molecule has 3 aromatic rings. The zero-order valence-electron chi connectivity index (χ0n) is 14.0. The number of amides is 1. The Bertz CT molecular complexity index is 871. The van der Waals surface area contributed by atoms with Gasteiger partial charge in [-0.3, -0.25) is 9.89 Å². The molecule has 0 radical (unpaired) electrons. The van der Waals surface area contributed by atoms with Crippen LogP contribution in [-0.2, 0) is 0 Å². The van der Waals surface area contributed by atoms with E-state index in [-0.39, 0.29) is 11.8 Å². The number of carbonyl (C=O) groups excluding carboxylic acids is 1. The van der Waals surface area contributed by atoms with Crippen molar-refractivity contribution in [3.63, 3.8) is 0 Å². The summed E-state index contributed by atoms with van der Waals surface area (Å²) in [5, 5.41) is 11.3. The Morgan fingerprint density at radius 3 is 2.96 bits per heavy atom. The monoisotopic (exact) mass is 337 g/mol. The topological polar surface area (TPSA) is 92.6 Å². The van der Waals surface area contributed by atoms with E-state index in [0.29, 0.717) is 12.1 Å². The molecule has 25 heavy (non-hydrogen) atoms. The van der Waals surface area contributed by atoms with Crippen molar-refractivity contribution in [2.45, 2.75) is 25.7 Å². The highest BCUT2D eigenvalue weighted by atomic mass is 16.2. The van der Waals surface area contributed by atoms with Crippen LogP contribution >= 0.6 is 0 Å². The molecule has 8 nitrogen and oxygen atoms in total. The summed E-state index contributed by atoms with van der Waals surface area (Å²) < 4.78 is 1.62. The lowest BCUT2D eigenvalue weighted by molar-refractivity contribution is 0.0704. The van der Waals surface area contributed by atoms with Gasteiger partial charge in [-0.15, -0.1) is 0 Å². The molecule has 1 atom stereocenters. The van der Waals surface area contributed by atoms with Gasteiger partial charge in [-0.2, -0.15) is 10.2 Å². The number of nitrogens with zero attached hydrogens (tertiary/aromatic N) is 6. The van der Waals surface area contributed by atoms with Crippen molar-refractivity contribution in [2.75, 3.05) is 13.1 Å². The molecule has 0 bridgehead atoms. The molecule has 1 saturated heterocycles. The van der Waals surface area contributed by atoms with Crippen LogP contribution in [-0.4, -0.2) is 53.8 Å². The second kappa shape index (κ2) is 6.46. The number of hydrogen-bond acceptors (Lipinski definition) is 5. The first kappa shape index (κ1) is 15.5. The second-order valence-corrected chi connectivity index (χ2v) is 6.23. The van der Waals surface area contributed by atoms with E-state index in [9.17, 15) is 4.79 Å². The maximum atomic E-state index is 13.1. The van der Waals surface area contributed by atoms with E-state index in [1.54, 1.807) is 11.0 Å². The number of aryl methyl sites for hydroxylation is 1. The Labute approximate surface area is 144 Å². The van der Waals surface area contributed by atoms with E-state index in [2.05, 4.69) is 25.3 Å². The van der Waals surface area contributed by atoms with Crippen molar-refractivity contribution in [1.29, 1.82) is 0 Å². The predicted molar refractivity (Wildman–Crippen MR) is 90.4 cm³/mol. The molecule has 1 fully saturated rings. The molecule has 128 valence electrons. The van der Waals surface area contributed by atoms with Crippen LogP contribution in [0.1, 0.15) is 40.8 Å². The van der Waals surface area contributed by atoms with Crippen molar-refractivity contribution >= 4 is 5.91 Å². The van der Waals surface area contributed by atoms with Gasteiger partial charge in [0, 0.05) is 19.0 Å². The number of aromatic amines is 1. The van der Waals surface area contributed by atoms with Crippen molar-refractivity contribution in [2.24, 2.45) is 0 Å². The van der Waals surface area contributed by atoms with Crippen LogP contribution in [0.25, 0.3) is 5.69 Å². The fourth-order valence-electron chi connectivity index (χ4n) is 3.27. The minimum absolute atomic E-state index is 0.00283. The van der Waals surface area contributed by atoms with Crippen molar-refractivity contribution in [3.8, 4) is 5.69 Å². The predicted octanol–water partition coefficient (Wildman–Crippen LogP) is 1.71. The summed E-state index contributed by atoms with van der Waals surface area (Å²) in [5.41, 5.74) is 1.36. The van der Waals surface area contributed by atoms with E-state index in [4.69, 9.17) is 0 Å². The molecule has 2 aromatic heterocycles. The lowest BCUT2D eigenvalue weighted by Crippen LogP contribution is -2.39. The molecular formula is C17H19N7O. The number of aromatic nitrogens is 6. The van der Waals surface area contributed by atoms with Crippen molar-refractivity contribution < 1.29 is 4.79 Å². The van der Waals surface area contributed by atoms with Crippen molar-refractivity contribution in [1.82, 2.24) is 34.8 Å². The highest BCUT2D eigenvalue weighted by molar-refractivity contribution is 5.97. The summed E-state index contributed by atoms with van der Waals surface area (Å²) >= 11 is 0. The molecule has 0 aliphatic carbocycles. The molecule has 8 heteroatoms. The van der Waals surface area contributed by atoms with Crippen LogP contribution in [0.4, 0.5) is 0 Å². The van der Waals surface area contributed by atoms with Gasteiger partial charge in [0.25, 0.3) is 5.91 Å². The van der Waals surface area contributed by atoms with E-state index in [1.165, 1.54) is 6.33 Å². The van der Waals surface area contributed by atoms with E-state index in [0.717, 1.165) is 36.7 Å². The number of H-pyrrole nitrogens is 1. The van der Waals surface area contributed by atoms with Gasteiger partial charge in [0.05, 0.1) is 11.3 Å². The molecule has 0 spiro atoms. The van der Waals surface area contributed by atoms with Gasteiger partial charge < -0.3 is 4.90 Å². The average Bonchev–Trinajstić information content (AvgIpc) is 3.33. The Hall–Kier alpha value is -3.03. The molecule has 0 saturated carbocycles. The Morgan fingerprint density at radius 1 is 1.32 bits per heavy atom. The lowest BCUT2D eigenvalue weighted by Gasteiger charge is -2.32. The Morgan fingerprint density at radius 2 is 2.20 bits per heavy atom. The third kappa shape index (κ3) is 3.02. The summed E-state index contributed by atoms with van der Waals surface area (Å²) in [7, 11) is 0. The molecule has 1 aliphatic heterocycles. The molecule has 1 N–H and O–H groups in total. The first-order valence-electron chi connectivity index (χ1n) is 8.34. The zero-order chi connectivity index (χ0) is 17.2. The summed E-state index contributed by atoms with van der Waals surface area (Å²) in [6.45, 7) is 3.25. The van der Waals surface area contributed by atoms with Gasteiger partial charge in [-0.1, -0.05) is 12.1 Å². The number of carbonyl (C=O) groups is 1. The van der Waals surface area contributed by atoms with E-state index >= 15 is 0 Å². The number of rotatable bonds is 3. The normalized spacial score (nSPS) is 17.6. The highest BCUT2D eigenvalue weighted by Gasteiger charge is 2.28. The van der Waals surface area contributed by atoms with Crippen LogP contribution < -0.4 is 0 Å². The third-order valence-electron chi connectivity index (χ3n) is 4.49. The standard InChI is InChI=1S/C17H19N7O/c1-12-20-16(22-21-12)13-5-4-8-23(9-13)17(25)14-6-2-3-7-15(14)24-11-18-10-19-24/h2-3,6-7,10-11,13H,4-5,8-9H2,1H3,(H,20,21,22). The lowest BCUT2D eigenvalue weighted by atomic mass is 9.96. The average molecular weight is 337 g/mol. The van der Waals surface area contributed by atoms with Crippen LogP contribution in [0.15, 0.2) is 36.9 Å². The fraction of sp³-hybridized carbons (Fsp3) is 0.353. The summed E-state index contributed by atoms with van der Waals surface area (Å²) in [6.07, 6.45) is 4.99. The smallest absolute Gasteiger partial charge is 0.256 e. The number of benzene rings is 1.